The van der Waals surface area contributed by atoms with Crippen molar-refractivity contribution in [2.24, 2.45) is 0 Å². The Morgan fingerprint density at radius 3 is 2.43 bits per heavy atom. The summed E-state index contributed by atoms with van der Waals surface area (Å²) in [7, 11) is 1.48. The van der Waals surface area contributed by atoms with Crippen LogP contribution in [0.2, 0.25) is 0 Å². The molecule has 3 aromatic carbocycles. The van der Waals surface area contributed by atoms with Gasteiger partial charge >= 0.3 is 12.1 Å². The summed E-state index contributed by atoms with van der Waals surface area (Å²) < 4.78 is 51.5. The molecule has 1 amide bonds. The standard InChI is InChI=1S/C32H30F3NO5S/c1-19-7-4-5-10-23(19)25-18-21(11-12-24(25)30(37)36-26(31(38)39)15-16-42-3)29(40-2)28-14-13-27(41-28)20-8-6-9-22(17-20)32(33,34)35/h4-14,17-18,26,29H,15-16H2,1-3H3,(H,36,37)(H,38,39). The Bertz CT molecular complexity index is 1570. The maximum absolute atomic E-state index is 13.4. The molecular weight excluding hydrogens is 567 g/mol. The van der Waals surface area contributed by atoms with Gasteiger partial charge in [-0.25, -0.2) is 4.79 Å². The zero-order valence-electron chi connectivity index (χ0n) is 23.2. The monoisotopic (exact) mass is 597 g/mol. The fraction of sp³-hybridized carbons (Fsp3) is 0.250. The molecule has 2 atom stereocenters. The Kier molecular flexibility index (Phi) is 9.80. The third kappa shape index (κ3) is 7.06. The fourth-order valence-electron chi connectivity index (χ4n) is 4.66. The van der Waals surface area contributed by atoms with Crippen LogP contribution in [0.25, 0.3) is 22.5 Å². The second kappa shape index (κ2) is 13.3. The van der Waals surface area contributed by atoms with Gasteiger partial charge in [0.25, 0.3) is 5.91 Å². The van der Waals surface area contributed by atoms with E-state index < -0.39 is 35.8 Å². The van der Waals surface area contributed by atoms with Crippen molar-refractivity contribution >= 4 is 23.6 Å². The first-order valence-electron chi connectivity index (χ1n) is 13.1. The summed E-state index contributed by atoms with van der Waals surface area (Å²) in [6.07, 6.45) is -3.08. The van der Waals surface area contributed by atoms with Crippen molar-refractivity contribution in [2.75, 3.05) is 19.1 Å². The number of benzene rings is 3. The number of ether oxygens (including phenoxy) is 1. The summed E-state index contributed by atoms with van der Waals surface area (Å²) in [4.78, 5) is 25.2. The summed E-state index contributed by atoms with van der Waals surface area (Å²) in [5, 5.41) is 12.3. The van der Waals surface area contributed by atoms with Crippen LogP contribution in [0.5, 0.6) is 0 Å². The van der Waals surface area contributed by atoms with E-state index in [9.17, 15) is 27.9 Å². The number of methoxy groups -OCH3 is 1. The number of aliphatic carboxylic acids is 1. The summed E-state index contributed by atoms with van der Waals surface area (Å²) in [5.74, 6) is -0.450. The van der Waals surface area contributed by atoms with E-state index in [0.29, 0.717) is 28.2 Å². The van der Waals surface area contributed by atoms with Crippen LogP contribution in [0.1, 0.15) is 45.3 Å². The smallest absolute Gasteiger partial charge is 0.416 e. The lowest BCUT2D eigenvalue weighted by molar-refractivity contribution is -0.139. The quantitative estimate of drug-likeness (QED) is 0.185. The molecule has 0 aliphatic heterocycles. The minimum absolute atomic E-state index is 0.248. The van der Waals surface area contributed by atoms with Crippen molar-refractivity contribution < 1.29 is 37.0 Å². The summed E-state index contributed by atoms with van der Waals surface area (Å²) in [6, 6.07) is 19.6. The Labute approximate surface area is 245 Å². The Morgan fingerprint density at radius 1 is 1.00 bits per heavy atom. The van der Waals surface area contributed by atoms with Gasteiger partial charge in [-0.05, 0) is 84.0 Å². The highest BCUT2D eigenvalue weighted by atomic mass is 32.2. The predicted molar refractivity (Wildman–Crippen MR) is 157 cm³/mol. The number of hydrogen-bond acceptors (Lipinski definition) is 5. The van der Waals surface area contributed by atoms with Gasteiger partial charge in [0.05, 0.1) is 5.56 Å². The number of furan rings is 1. The molecule has 4 aromatic rings. The molecule has 0 saturated heterocycles. The third-order valence-corrected chi connectivity index (χ3v) is 7.48. The van der Waals surface area contributed by atoms with Crippen molar-refractivity contribution in [3.8, 4) is 22.5 Å². The molecule has 0 fully saturated rings. The second-order valence-electron chi connectivity index (χ2n) is 9.66. The number of alkyl halides is 3. The van der Waals surface area contributed by atoms with Crippen molar-refractivity contribution in [1.29, 1.82) is 0 Å². The number of hydrogen-bond donors (Lipinski definition) is 2. The molecule has 4 rings (SSSR count). The first-order chi connectivity index (χ1) is 20.0. The molecule has 0 spiro atoms. The molecule has 0 saturated carbocycles. The highest BCUT2D eigenvalue weighted by Gasteiger charge is 2.31. The number of carbonyl (C=O) groups is 2. The predicted octanol–water partition coefficient (Wildman–Crippen LogP) is 7.61. The number of rotatable bonds is 11. The van der Waals surface area contributed by atoms with Crippen LogP contribution in [0.4, 0.5) is 13.2 Å². The van der Waals surface area contributed by atoms with E-state index in [2.05, 4.69) is 5.32 Å². The lowest BCUT2D eigenvalue weighted by atomic mass is 9.92. The van der Waals surface area contributed by atoms with E-state index >= 15 is 0 Å². The van der Waals surface area contributed by atoms with Gasteiger partial charge in [-0.15, -0.1) is 0 Å². The van der Waals surface area contributed by atoms with E-state index in [1.54, 1.807) is 30.3 Å². The number of aryl methyl sites for hydroxylation is 1. The minimum atomic E-state index is -4.49. The van der Waals surface area contributed by atoms with Gasteiger partial charge in [0.2, 0.25) is 0 Å². The Hall–Kier alpha value is -4.02. The molecule has 2 unspecified atom stereocenters. The molecular formula is C32H30F3NO5S. The summed E-state index contributed by atoms with van der Waals surface area (Å²) >= 11 is 1.49. The maximum Gasteiger partial charge on any atom is 0.416 e. The van der Waals surface area contributed by atoms with Gasteiger partial charge < -0.3 is 19.6 Å². The largest absolute Gasteiger partial charge is 0.480 e. The van der Waals surface area contributed by atoms with Gasteiger partial charge in [-0.1, -0.05) is 42.5 Å². The highest BCUT2D eigenvalue weighted by Crippen LogP contribution is 2.37. The topological polar surface area (TPSA) is 88.8 Å². The van der Waals surface area contributed by atoms with Gasteiger partial charge in [0.1, 0.15) is 23.7 Å². The van der Waals surface area contributed by atoms with Gasteiger partial charge in [-0.2, -0.15) is 24.9 Å². The van der Waals surface area contributed by atoms with Gasteiger partial charge in [-0.3, -0.25) is 4.79 Å². The zero-order valence-corrected chi connectivity index (χ0v) is 24.0. The molecule has 0 aliphatic carbocycles. The minimum Gasteiger partial charge on any atom is -0.480 e. The van der Waals surface area contributed by atoms with E-state index in [-0.39, 0.29) is 17.7 Å². The number of carbonyl (C=O) groups excluding carboxylic acids is 1. The first kappa shape index (κ1) is 30.9. The number of carboxylic acid groups (broad SMARTS) is 1. The van der Waals surface area contributed by atoms with Crippen molar-refractivity contribution in [3.05, 3.63) is 107 Å². The Balaban J connectivity index is 1.72. The van der Waals surface area contributed by atoms with E-state index in [4.69, 9.17) is 9.15 Å². The number of thioether (sulfide) groups is 1. The molecule has 0 radical (unpaired) electrons. The van der Waals surface area contributed by atoms with Crippen LogP contribution in [-0.2, 0) is 15.7 Å². The molecule has 42 heavy (non-hydrogen) atoms. The van der Waals surface area contributed by atoms with Crippen molar-refractivity contribution in [1.82, 2.24) is 5.32 Å². The lowest BCUT2D eigenvalue weighted by Gasteiger charge is -2.19. The van der Waals surface area contributed by atoms with Crippen LogP contribution in [0.15, 0.2) is 83.3 Å². The maximum atomic E-state index is 13.4. The van der Waals surface area contributed by atoms with Crippen LogP contribution in [0.3, 0.4) is 0 Å². The van der Waals surface area contributed by atoms with E-state index in [0.717, 1.165) is 23.3 Å². The lowest BCUT2D eigenvalue weighted by Crippen LogP contribution is -2.41. The van der Waals surface area contributed by atoms with Crippen LogP contribution >= 0.6 is 11.8 Å². The van der Waals surface area contributed by atoms with Crippen LogP contribution in [0, 0.1) is 6.92 Å². The third-order valence-electron chi connectivity index (χ3n) is 6.84. The number of halogens is 3. The number of nitrogens with one attached hydrogen (secondary N) is 1. The second-order valence-corrected chi connectivity index (χ2v) is 10.6. The van der Waals surface area contributed by atoms with E-state index in [1.165, 1.54) is 31.0 Å². The Morgan fingerprint density at radius 2 is 1.76 bits per heavy atom. The molecule has 10 heteroatoms. The molecule has 0 aliphatic rings. The van der Waals surface area contributed by atoms with Gasteiger partial charge in [0.15, 0.2) is 0 Å². The average Bonchev–Trinajstić information content (AvgIpc) is 3.45. The average molecular weight is 598 g/mol. The number of carboxylic acids is 1. The molecule has 1 aromatic heterocycles. The van der Waals surface area contributed by atoms with Crippen LogP contribution in [-0.4, -0.2) is 42.1 Å². The van der Waals surface area contributed by atoms with Crippen LogP contribution < -0.4 is 5.32 Å². The molecule has 0 bridgehead atoms. The van der Waals surface area contributed by atoms with Gasteiger partial charge in [0, 0.05) is 18.2 Å². The molecule has 2 N–H and O–H groups in total. The summed E-state index contributed by atoms with van der Waals surface area (Å²) in [5.41, 5.74) is 2.67. The highest BCUT2D eigenvalue weighted by molar-refractivity contribution is 7.98. The fourth-order valence-corrected chi connectivity index (χ4v) is 5.14. The molecule has 1 heterocycles. The SMILES string of the molecule is COC(c1ccc(C(=O)NC(CCSC)C(=O)O)c(-c2ccccc2C)c1)c1ccc(-c2cccc(C(F)(F)F)c2)o1. The molecule has 6 nitrogen and oxygen atoms in total. The first-order valence-corrected chi connectivity index (χ1v) is 14.5. The normalized spacial score (nSPS) is 13.0. The number of amides is 1. The van der Waals surface area contributed by atoms with Crippen molar-refractivity contribution in [3.63, 3.8) is 0 Å². The zero-order chi connectivity index (χ0) is 30.4. The summed E-state index contributed by atoms with van der Waals surface area (Å²) in [6.45, 7) is 1.91. The molecule has 220 valence electrons. The van der Waals surface area contributed by atoms with Crippen molar-refractivity contribution in [2.45, 2.75) is 31.7 Å². The van der Waals surface area contributed by atoms with E-state index in [1.807, 2.05) is 37.4 Å².